The fourth-order valence-corrected chi connectivity index (χ4v) is 3.06. The minimum absolute atomic E-state index is 0.123. The Labute approximate surface area is 154 Å². The van der Waals surface area contributed by atoms with Crippen molar-refractivity contribution < 1.29 is 14.7 Å². The van der Waals surface area contributed by atoms with Crippen LogP contribution >= 0.6 is 0 Å². The number of carboxylic acid groups (broad SMARTS) is 1. The van der Waals surface area contributed by atoms with Crippen LogP contribution in [0.15, 0.2) is 30.3 Å². The van der Waals surface area contributed by atoms with Crippen molar-refractivity contribution in [2.45, 2.75) is 33.6 Å². The van der Waals surface area contributed by atoms with Crippen LogP contribution in [0.2, 0.25) is 0 Å². The highest BCUT2D eigenvalue weighted by Gasteiger charge is 2.22. The van der Waals surface area contributed by atoms with Gasteiger partial charge in [-0.2, -0.15) is 5.10 Å². The second-order valence-corrected chi connectivity index (χ2v) is 6.85. The van der Waals surface area contributed by atoms with E-state index in [9.17, 15) is 14.7 Å². The summed E-state index contributed by atoms with van der Waals surface area (Å²) in [5, 5.41) is 16.6. The molecule has 1 aromatic heterocycles. The minimum atomic E-state index is -0.902. The minimum Gasteiger partial charge on any atom is -0.481 e. The molecule has 2 rings (SSSR count). The number of amides is 1. The molecule has 1 aromatic carbocycles. The summed E-state index contributed by atoms with van der Waals surface area (Å²) in [7, 11) is 1.89. The highest BCUT2D eigenvalue weighted by atomic mass is 16.4. The Morgan fingerprint density at radius 1 is 1.19 bits per heavy atom. The van der Waals surface area contributed by atoms with Gasteiger partial charge in [-0.05, 0) is 37.8 Å². The maximum atomic E-state index is 12.4. The number of benzene rings is 1. The third-order valence-electron chi connectivity index (χ3n) is 4.81. The summed E-state index contributed by atoms with van der Waals surface area (Å²) in [5.74, 6) is -1.93. The van der Waals surface area contributed by atoms with Crippen LogP contribution in [-0.2, 0) is 29.5 Å². The molecule has 2 N–H and O–H groups in total. The Morgan fingerprint density at radius 3 is 2.38 bits per heavy atom. The van der Waals surface area contributed by atoms with E-state index in [0.29, 0.717) is 12.8 Å². The molecule has 2 aromatic rings. The number of nitrogens with one attached hydrogen (secondary N) is 1. The Hall–Kier alpha value is -2.63. The Kier molecular flexibility index (Phi) is 6.55. The highest BCUT2D eigenvalue weighted by molar-refractivity contribution is 5.79. The zero-order valence-corrected chi connectivity index (χ0v) is 15.8. The van der Waals surface area contributed by atoms with Gasteiger partial charge in [-0.1, -0.05) is 37.3 Å². The zero-order valence-electron chi connectivity index (χ0n) is 15.8. The van der Waals surface area contributed by atoms with Gasteiger partial charge in [0.05, 0.1) is 11.6 Å². The second kappa shape index (κ2) is 8.65. The van der Waals surface area contributed by atoms with Crippen LogP contribution in [0.3, 0.4) is 0 Å². The van der Waals surface area contributed by atoms with Crippen molar-refractivity contribution in [2.24, 2.45) is 18.9 Å². The van der Waals surface area contributed by atoms with Crippen LogP contribution in [0.25, 0.3) is 0 Å². The number of carboxylic acids is 1. The molecule has 0 aliphatic carbocycles. The monoisotopic (exact) mass is 357 g/mol. The lowest BCUT2D eigenvalue weighted by Crippen LogP contribution is -2.37. The maximum absolute atomic E-state index is 12.4. The summed E-state index contributed by atoms with van der Waals surface area (Å²) < 4.78 is 1.82. The Bertz CT molecular complexity index is 768. The molecule has 0 radical (unpaired) electrons. The van der Waals surface area contributed by atoms with E-state index in [-0.39, 0.29) is 18.4 Å². The van der Waals surface area contributed by atoms with E-state index < -0.39 is 11.9 Å². The van der Waals surface area contributed by atoms with Gasteiger partial charge in [-0.15, -0.1) is 0 Å². The van der Waals surface area contributed by atoms with Gasteiger partial charge in [0, 0.05) is 25.2 Å². The molecule has 140 valence electrons. The summed E-state index contributed by atoms with van der Waals surface area (Å²) in [6.45, 7) is 5.90. The Morgan fingerprint density at radius 2 is 1.85 bits per heavy atom. The van der Waals surface area contributed by atoms with Crippen LogP contribution in [-0.4, -0.2) is 33.3 Å². The van der Waals surface area contributed by atoms with Crippen molar-refractivity contribution in [3.8, 4) is 0 Å². The van der Waals surface area contributed by atoms with Crippen LogP contribution in [0.4, 0.5) is 0 Å². The quantitative estimate of drug-likeness (QED) is 0.759. The highest BCUT2D eigenvalue weighted by Crippen LogP contribution is 2.17. The molecule has 1 heterocycles. The smallest absolute Gasteiger partial charge is 0.308 e. The van der Waals surface area contributed by atoms with Crippen molar-refractivity contribution in [3.05, 3.63) is 52.8 Å². The lowest BCUT2D eigenvalue weighted by molar-refractivity contribution is -0.141. The maximum Gasteiger partial charge on any atom is 0.308 e. The van der Waals surface area contributed by atoms with E-state index in [2.05, 4.69) is 10.4 Å². The lowest BCUT2D eigenvalue weighted by atomic mass is 9.97. The first-order chi connectivity index (χ1) is 12.3. The number of aliphatic carboxylic acids is 1. The predicted octanol–water partition coefficient (Wildman–Crippen LogP) is 2.28. The molecule has 0 aliphatic rings. The van der Waals surface area contributed by atoms with Crippen molar-refractivity contribution in [1.29, 1.82) is 0 Å². The van der Waals surface area contributed by atoms with Crippen molar-refractivity contribution >= 4 is 11.9 Å². The zero-order chi connectivity index (χ0) is 19.3. The molecular weight excluding hydrogens is 330 g/mol. The van der Waals surface area contributed by atoms with E-state index in [0.717, 1.165) is 22.5 Å². The van der Waals surface area contributed by atoms with Crippen molar-refractivity contribution in [2.75, 3.05) is 6.54 Å². The average Bonchev–Trinajstić information content (AvgIpc) is 2.85. The first-order valence-corrected chi connectivity index (χ1v) is 8.83. The van der Waals surface area contributed by atoms with E-state index in [1.165, 1.54) is 0 Å². The molecule has 0 fully saturated rings. The summed E-state index contributed by atoms with van der Waals surface area (Å²) >= 11 is 0. The fraction of sp³-hybridized carbons (Fsp3) is 0.450. The number of nitrogens with zero attached hydrogens (tertiary/aromatic N) is 2. The SMILES string of the molecule is Cc1nn(C)c(C)c1CC(C)C(=O)NCC(Cc1ccccc1)C(=O)O. The van der Waals surface area contributed by atoms with Crippen LogP contribution in [0.1, 0.15) is 29.4 Å². The van der Waals surface area contributed by atoms with Gasteiger partial charge in [-0.25, -0.2) is 0 Å². The van der Waals surface area contributed by atoms with Crippen molar-refractivity contribution in [3.63, 3.8) is 0 Å². The van der Waals surface area contributed by atoms with Crippen LogP contribution in [0, 0.1) is 25.7 Å². The number of aromatic nitrogens is 2. The molecule has 0 spiro atoms. The van der Waals surface area contributed by atoms with Gasteiger partial charge in [0.2, 0.25) is 5.91 Å². The van der Waals surface area contributed by atoms with Gasteiger partial charge in [-0.3, -0.25) is 14.3 Å². The van der Waals surface area contributed by atoms with Gasteiger partial charge in [0.15, 0.2) is 0 Å². The number of carbonyl (C=O) groups is 2. The molecular formula is C20H27N3O3. The van der Waals surface area contributed by atoms with E-state index in [4.69, 9.17) is 0 Å². The molecule has 0 saturated carbocycles. The van der Waals surface area contributed by atoms with E-state index in [1.54, 1.807) is 0 Å². The largest absolute Gasteiger partial charge is 0.481 e. The van der Waals surface area contributed by atoms with Gasteiger partial charge >= 0.3 is 5.97 Å². The number of aryl methyl sites for hydroxylation is 2. The van der Waals surface area contributed by atoms with Crippen molar-refractivity contribution in [1.82, 2.24) is 15.1 Å². The van der Waals surface area contributed by atoms with Gasteiger partial charge in [0.25, 0.3) is 0 Å². The molecule has 6 nitrogen and oxygen atoms in total. The summed E-state index contributed by atoms with van der Waals surface area (Å²) in [6.07, 6.45) is 0.986. The van der Waals surface area contributed by atoms with Gasteiger partial charge < -0.3 is 10.4 Å². The lowest BCUT2D eigenvalue weighted by Gasteiger charge is -2.16. The number of carbonyl (C=O) groups excluding carboxylic acids is 1. The molecule has 0 bridgehead atoms. The molecule has 0 saturated heterocycles. The standard InChI is InChI=1S/C20H27N3O3/c1-13(10-18-14(2)22-23(4)15(18)3)19(24)21-12-17(20(25)26)11-16-8-6-5-7-9-16/h5-9,13,17H,10-12H2,1-4H3,(H,21,24)(H,25,26). The summed E-state index contributed by atoms with van der Waals surface area (Å²) in [4.78, 5) is 23.9. The number of hydrogen-bond acceptors (Lipinski definition) is 3. The summed E-state index contributed by atoms with van der Waals surface area (Å²) in [5.41, 5.74) is 4.00. The normalized spacial score (nSPS) is 13.2. The molecule has 0 aliphatic heterocycles. The van der Waals surface area contributed by atoms with Crippen LogP contribution in [0.5, 0.6) is 0 Å². The molecule has 26 heavy (non-hydrogen) atoms. The number of hydrogen-bond donors (Lipinski definition) is 2. The molecule has 1 amide bonds. The molecule has 2 atom stereocenters. The topological polar surface area (TPSA) is 84.2 Å². The fourth-order valence-electron chi connectivity index (χ4n) is 3.06. The number of rotatable bonds is 8. The first kappa shape index (κ1) is 19.7. The third-order valence-corrected chi connectivity index (χ3v) is 4.81. The van der Waals surface area contributed by atoms with Gasteiger partial charge in [0.1, 0.15) is 0 Å². The third kappa shape index (κ3) is 4.94. The summed E-state index contributed by atoms with van der Waals surface area (Å²) in [6, 6.07) is 9.45. The Balaban J connectivity index is 1.93. The van der Waals surface area contributed by atoms with Crippen LogP contribution < -0.4 is 5.32 Å². The second-order valence-electron chi connectivity index (χ2n) is 6.85. The van der Waals surface area contributed by atoms with E-state index in [1.807, 2.05) is 62.8 Å². The predicted molar refractivity (Wildman–Crippen MR) is 99.8 cm³/mol. The average molecular weight is 357 g/mol. The molecule has 6 heteroatoms. The van der Waals surface area contributed by atoms with E-state index >= 15 is 0 Å². The first-order valence-electron chi connectivity index (χ1n) is 8.83. The molecule has 2 unspecified atom stereocenters.